The molecular weight excluding hydrogens is 298 g/mol. The number of benzene rings is 2. The molecule has 1 aliphatic rings. The van der Waals surface area contributed by atoms with Crippen molar-refractivity contribution in [1.29, 1.82) is 0 Å². The molecule has 94 valence electrons. The fraction of sp³-hybridized carbons (Fsp3) is 0. The predicted molar refractivity (Wildman–Crippen MR) is 78.5 cm³/mol. The summed E-state index contributed by atoms with van der Waals surface area (Å²) in [6.45, 7) is 0. The van der Waals surface area contributed by atoms with Crippen molar-refractivity contribution in [1.82, 2.24) is 0 Å². The first-order valence-electron chi connectivity index (χ1n) is 5.46. The van der Waals surface area contributed by atoms with Crippen LogP contribution in [0.2, 0.25) is 0 Å². The van der Waals surface area contributed by atoms with E-state index in [0.717, 1.165) is 0 Å². The number of hydrogen-bond donors (Lipinski definition) is 2. The Balaban J connectivity index is 0.00000133. The topological polar surface area (TPSA) is 86.2 Å². The van der Waals surface area contributed by atoms with Gasteiger partial charge in [-0.3, -0.25) is 9.59 Å². The zero-order chi connectivity index (χ0) is 12.9. The summed E-state index contributed by atoms with van der Waals surface area (Å²) in [5.41, 5.74) is 13.7. The van der Waals surface area contributed by atoms with Crippen molar-refractivity contribution in [2.24, 2.45) is 0 Å². The minimum atomic E-state index is -0.188. The number of ketones is 2. The van der Waals surface area contributed by atoms with Crippen LogP contribution < -0.4 is 11.5 Å². The third-order valence-electron chi connectivity index (χ3n) is 3.07. The Labute approximate surface area is 122 Å². The average Bonchev–Trinajstić information content (AvgIpc) is 2.36. The molecule has 0 spiro atoms. The fourth-order valence-electron chi connectivity index (χ4n) is 2.19. The van der Waals surface area contributed by atoms with Gasteiger partial charge in [0.05, 0.1) is 0 Å². The molecule has 0 aromatic heterocycles. The molecule has 0 aliphatic heterocycles. The monoisotopic (exact) mass is 310 g/mol. The normalized spacial score (nSPS) is 12.4. The van der Waals surface area contributed by atoms with Gasteiger partial charge in [-0.05, 0) is 36.4 Å². The van der Waals surface area contributed by atoms with Crippen LogP contribution in [0.25, 0.3) is 0 Å². The predicted octanol–water partition coefficient (Wildman–Crippen LogP) is 0.442. The Bertz CT molecular complexity index is 649. The van der Waals surface area contributed by atoms with Crippen molar-refractivity contribution in [2.75, 3.05) is 11.5 Å². The molecule has 0 atom stereocenters. The molecule has 0 radical (unpaired) electrons. The van der Waals surface area contributed by atoms with Crippen LogP contribution in [0.3, 0.4) is 0 Å². The zero-order valence-electron chi connectivity index (χ0n) is 9.44. The molecule has 0 amide bonds. The Morgan fingerprint density at radius 3 is 1.37 bits per heavy atom. The summed E-state index contributed by atoms with van der Waals surface area (Å²) in [5, 5.41) is 0. The second kappa shape index (κ2) is 4.60. The van der Waals surface area contributed by atoms with Crippen LogP contribution in [-0.4, -0.2) is 31.4 Å². The zero-order valence-corrected chi connectivity index (χ0v) is 9.44. The average molecular weight is 311 g/mol. The summed E-state index contributed by atoms with van der Waals surface area (Å²) in [6.07, 6.45) is 0. The van der Waals surface area contributed by atoms with Gasteiger partial charge in [-0.25, -0.2) is 0 Å². The van der Waals surface area contributed by atoms with E-state index in [1.807, 2.05) is 0 Å². The van der Waals surface area contributed by atoms with Gasteiger partial charge < -0.3 is 11.5 Å². The van der Waals surface area contributed by atoms with Gasteiger partial charge in [0.25, 0.3) is 0 Å². The molecule has 0 saturated carbocycles. The molecular formula is C14H13GaN2O2. The van der Waals surface area contributed by atoms with Gasteiger partial charge >= 0.3 is 19.8 Å². The van der Waals surface area contributed by atoms with Crippen molar-refractivity contribution in [3.63, 3.8) is 0 Å². The van der Waals surface area contributed by atoms with E-state index >= 15 is 0 Å². The Morgan fingerprint density at radius 1 is 0.632 bits per heavy atom. The number of nitrogen functional groups attached to an aromatic ring is 2. The van der Waals surface area contributed by atoms with Gasteiger partial charge in [0.1, 0.15) is 0 Å². The molecule has 1 aliphatic carbocycles. The van der Waals surface area contributed by atoms with E-state index in [2.05, 4.69) is 0 Å². The number of hydrogen-bond acceptors (Lipinski definition) is 4. The van der Waals surface area contributed by atoms with Crippen LogP contribution in [0.4, 0.5) is 11.4 Å². The molecule has 0 bridgehead atoms. The van der Waals surface area contributed by atoms with Gasteiger partial charge in [0, 0.05) is 33.6 Å². The van der Waals surface area contributed by atoms with Crippen molar-refractivity contribution in [3.8, 4) is 0 Å². The van der Waals surface area contributed by atoms with Crippen molar-refractivity contribution in [2.45, 2.75) is 0 Å². The Morgan fingerprint density at radius 2 is 1.00 bits per heavy atom. The molecule has 2 aromatic rings. The van der Waals surface area contributed by atoms with Crippen LogP contribution >= 0.6 is 0 Å². The van der Waals surface area contributed by atoms with Crippen LogP contribution in [0.1, 0.15) is 31.8 Å². The van der Waals surface area contributed by atoms with E-state index in [1.165, 1.54) is 12.1 Å². The minimum absolute atomic E-state index is 0. The third-order valence-corrected chi connectivity index (χ3v) is 3.07. The van der Waals surface area contributed by atoms with E-state index in [-0.39, 0.29) is 31.4 Å². The standard InChI is InChI=1S/C14H10N2O2.Ga.3H/c15-7-1-3-9-11(5-7)14(18)10-4-2-8(16)6-12(10)13(9)17;;;;/h1-6H,15-16H2;;;;. The van der Waals surface area contributed by atoms with E-state index in [9.17, 15) is 9.59 Å². The number of anilines is 2. The summed E-state index contributed by atoms with van der Waals surface area (Å²) >= 11 is 0. The first kappa shape index (κ1) is 13.4. The molecule has 3 rings (SSSR count). The van der Waals surface area contributed by atoms with Crippen LogP contribution in [0, 0.1) is 0 Å². The molecule has 4 N–H and O–H groups in total. The maximum absolute atomic E-state index is 12.3. The second-order valence-corrected chi connectivity index (χ2v) is 4.27. The quantitative estimate of drug-likeness (QED) is 0.466. The number of nitrogens with two attached hydrogens (primary N) is 2. The molecule has 5 heteroatoms. The summed E-state index contributed by atoms with van der Waals surface area (Å²) in [4.78, 5) is 24.5. The van der Waals surface area contributed by atoms with E-state index in [0.29, 0.717) is 33.6 Å². The Kier molecular flexibility index (Phi) is 3.26. The maximum atomic E-state index is 12.3. The van der Waals surface area contributed by atoms with Gasteiger partial charge in [0.2, 0.25) is 0 Å². The molecule has 2 aromatic carbocycles. The summed E-state index contributed by atoms with van der Waals surface area (Å²) in [5.74, 6) is -0.376. The first-order chi connectivity index (χ1) is 8.58. The van der Waals surface area contributed by atoms with Crippen molar-refractivity contribution in [3.05, 3.63) is 58.7 Å². The van der Waals surface area contributed by atoms with E-state index in [4.69, 9.17) is 11.5 Å². The van der Waals surface area contributed by atoms with E-state index in [1.54, 1.807) is 24.3 Å². The summed E-state index contributed by atoms with van der Waals surface area (Å²) in [7, 11) is 0. The molecule has 0 unspecified atom stereocenters. The first-order valence-corrected chi connectivity index (χ1v) is 5.46. The van der Waals surface area contributed by atoms with Crippen molar-refractivity contribution < 1.29 is 9.59 Å². The number of fused-ring (bicyclic) bond motifs is 2. The molecule has 0 fully saturated rings. The van der Waals surface area contributed by atoms with Gasteiger partial charge in [-0.1, -0.05) is 0 Å². The Hall–Kier alpha value is -1.98. The van der Waals surface area contributed by atoms with Gasteiger partial charge in [0.15, 0.2) is 11.6 Å². The molecule has 0 saturated heterocycles. The number of carbonyl (C=O) groups excluding carboxylic acids is 2. The fourth-order valence-corrected chi connectivity index (χ4v) is 2.19. The SMILES string of the molecule is Nc1ccc2c(c1)C(=O)c1ccc(N)cc1C2=O.[GaH3]. The van der Waals surface area contributed by atoms with Crippen molar-refractivity contribution >= 4 is 42.7 Å². The number of carbonyl (C=O) groups is 2. The van der Waals surface area contributed by atoms with Gasteiger partial charge in [-0.15, -0.1) is 0 Å². The number of rotatable bonds is 0. The molecule has 19 heavy (non-hydrogen) atoms. The van der Waals surface area contributed by atoms with E-state index < -0.39 is 0 Å². The molecule has 4 nitrogen and oxygen atoms in total. The third kappa shape index (κ3) is 1.96. The molecule has 0 heterocycles. The van der Waals surface area contributed by atoms with Crippen LogP contribution in [0.5, 0.6) is 0 Å². The van der Waals surface area contributed by atoms with Crippen LogP contribution in [-0.2, 0) is 0 Å². The summed E-state index contributed by atoms with van der Waals surface area (Å²) < 4.78 is 0. The van der Waals surface area contributed by atoms with Gasteiger partial charge in [-0.2, -0.15) is 0 Å². The van der Waals surface area contributed by atoms with Crippen LogP contribution in [0.15, 0.2) is 36.4 Å². The second-order valence-electron chi connectivity index (χ2n) is 4.27. The summed E-state index contributed by atoms with van der Waals surface area (Å²) in [6, 6.07) is 9.46.